The summed E-state index contributed by atoms with van der Waals surface area (Å²) in [7, 11) is 0. The molecule has 20 heavy (non-hydrogen) atoms. The van der Waals surface area contributed by atoms with Crippen LogP contribution in [0.2, 0.25) is 0 Å². The van der Waals surface area contributed by atoms with E-state index in [0.29, 0.717) is 23.8 Å². The first kappa shape index (κ1) is 12.3. The predicted molar refractivity (Wildman–Crippen MR) is 73.2 cm³/mol. The first-order valence-corrected chi connectivity index (χ1v) is 6.24. The van der Waals surface area contributed by atoms with Crippen LogP contribution in [0.5, 0.6) is 5.75 Å². The van der Waals surface area contributed by atoms with E-state index in [1.807, 2.05) is 31.2 Å². The number of hydrogen-bond donors (Lipinski definition) is 1. The summed E-state index contributed by atoms with van der Waals surface area (Å²) in [4.78, 5) is 8.56. The second-order valence-electron chi connectivity index (χ2n) is 4.57. The standard InChI is InChI=1S/C15H13N3O2/c1-10-6-7-16-13(8-10)15-17-14(20-18-15)9-11-2-4-12(19)5-3-11/h2-8,19H,9H2,1H3. The number of rotatable bonds is 3. The average molecular weight is 267 g/mol. The van der Waals surface area contributed by atoms with E-state index in [9.17, 15) is 5.11 Å². The highest BCUT2D eigenvalue weighted by Gasteiger charge is 2.10. The normalized spacial score (nSPS) is 10.7. The lowest BCUT2D eigenvalue weighted by Crippen LogP contribution is -1.89. The van der Waals surface area contributed by atoms with Crippen LogP contribution in [0.3, 0.4) is 0 Å². The highest BCUT2D eigenvalue weighted by Crippen LogP contribution is 2.17. The summed E-state index contributed by atoms with van der Waals surface area (Å²) in [6, 6.07) is 10.7. The van der Waals surface area contributed by atoms with Crippen molar-refractivity contribution in [1.82, 2.24) is 15.1 Å². The first-order chi connectivity index (χ1) is 9.70. The van der Waals surface area contributed by atoms with Gasteiger partial charge in [-0.05, 0) is 42.3 Å². The lowest BCUT2D eigenvalue weighted by molar-refractivity contribution is 0.385. The largest absolute Gasteiger partial charge is 0.508 e. The zero-order chi connectivity index (χ0) is 13.9. The fourth-order valence-corrected chi connectivity index (χ4v) is 1.88. The maximum atomic E-state index is 9.24. The Morgan fingerprint density at radius 2 is 1.95 bits per heavy atom. The molecule has 0 saturated carbocycles. The number of aromatic hydroxyl groups is 1. The summed E-state index contributed by atoms with van der Waals surface area (Å²) < 4.78 is 5.23. The third kappa shape index (κ3) is 2.66. The van der Waals surface area contributed by atoms with Crippen LogP contribution >= 0.6 is 0 Å². The maximum absolute atomic E-state index is 9.24. The van der Waals surface area contributed by atoms with E-state index >= 15 is 0 Å². The Hall–Kier alpha value is -2.69. The molecule has 1 N–H and O–H groups in total. The minimum absolute atomic E-state index is 0.240. The van der Waals surface area contributed by atoms with Crippen LogP contribution in [0.4, 0.5) is 0 Å². The minimum Gasteiger partial charge on any atom is -0.508 e. The Balaban J connectivity index is 1.82. The van der Waals surface area contributed by atoms with Crippen molar-refractivity contribution in [2.24, 2.45) is 0 Å². The van der Waals surface area contributed by atoms with Gasteiger partial charge in [-0.15, -0.1) is 0 Å². The molecular weight excluding hydrogens is 254 g/mol. The van der Waals surface area contributed by atoms with Gasteiger partial charge in [0.15, 0.2) is 0 Å². The molecule has 0 aliphatic carbocycles. The van der Waals surface area contributed by atoms with Gasteiger partial charge in [-0.25, -0.2) is 0 Å². The number of phenols is 1. The Bertz CT molecular complexity index is 720. The van der Waals surface area contributed by atoms with Gasteiger partial charge in [-0.3, -0.25) is 4.98 Å². The SMILES string of the molecule is Cc1ccnc(-c2noc(Cc3ccc(O)cc3)n2)c1. The molecule has 5 nitrogen and oxygen atoms in total. The van der Waals surface area contributed by atoms with Crippen molar-refractivity contribution < 1.29 is 9.63 Å². The van der Waals surface area contributed by atoms with Crippen molar-refractivity contribution in [1.29, 1.82) is 0 Å². The van der Waals surface area contributed by atoms with Gasteiger partial charge in [0, 0.05) is 6.20 Å². The summed E-state index contributed by atoms with van der Waals surface area (Å²) in [6.07, 6.45) is 2.25. The van der Waals surface area contributed by atoms with E-state index in [4.69, 9.17) is 4.52 Å². The zero-order valence-electron chi connectivity index (χ0n) is 10.9. The summed E-state index contributed by atoms with van der Waals surface area (Å²) >= 11 is 0. The quantitative estimate of drug-likeness (QED) is 0.790. The molecule has 0 radical (unpaired) electrons. The Morgan fingerprint density at radius 1 is 1.15 bits per heavy atom. The van der Waals surface area contributed by atoms with E-state index < -0.39 is 0 Å². The van der Waals surface area contributed by atoms with Crippen molar-refractivity contribution >= 4 is 0 Å². The second-order valence-corrected chi connectivity index (χ2v) is 4.57. The molecule has 2 heterocycles. The number of aromatic nitrogens is 3. The number of pyridine rings is 1. The summed E-state index contributed by atoms with van der Waals surface area (Å²) in [5.41, 5.74) is 2.79. The third-order valence-electron chi connectivity index (χ3n) is 2.90. The number of phenolic OH excluding ortho intramolecular Hbond substituents is 1. The lowest BCUT2D eigenvalue weighted by atomic mass is 10.1. The van der Waals surface area contributed by atoms with Gasteiger partial charge in [0.1, 0.15) is 11.4 Å². The highest BCUT2D eigenvalue weighted by molar-refractivity contribution is 5.49. The fraction of sp³-hybridized carbons (Fsp3) is 0.133. The van der Waals surface area contributed by atoms with E-state index in [0.717, 1.165) is 11.1 Å². The van der Waals surface area contributed by atoms with Gasteiger partial charge in [-0.2, -0.15) is 4.98 Å². The molecule has 0 spiro atoms. The van der Waals surface area contributed by atoms with Gasteiger partial charge in [0.25, 0.3) is 0 Å². The average Bonchev–Trinajstić information content (AvgIpc) is 2.90. The second kappa shape index (κ2) is 5.13. The molecule has 100 valence electrons. The highest BCUT2D eigenvalue weighted by atomic mass is 16.5. The molecular formula is C15H13N3O2. The summed E-state index contributed by atoms with van der Waals surface area (Å²) in [5.74, 6) is 1.25. The Labute approximate surface area is 115 Å². The minimum atomic E-state index is 0.240. The fourth-order valence-electron chi connectivity index (χ4n) is 1.88. The monoisotopic (exact) mass is 267 g/mol. The molecule has 3 rings (SSSR count). The Morgan fingerprint density at radius 3 is 2.70 bits per heavy atom. The van der Waals surface area contributed by atoms with E-state index in [1.54, 1.807) is 18.3 Å². The molecule has 0 aliphatic rings. The van der Waals surface area contributed by atoms with Crippen molar-refractivity contribution in [3.63, 3.8) is 0 Å². The Kier molecular flexibility index (Phi) is 3.16. The van der Waals surface area contributed by atoms with Crippen molar-refractivity contribution in [2.75, 3.05) is 0 Å². The van der Waals surface area contributed by atoms with Crippen LogP contribution in [0, 0.1) is 6.92 Å². The van der Waals surface area contributed by atoms with Gasteiger partial charge in [0.05, 0.1) is 6.42 Å². The molecule has 0 bridgehead atoms. The molecule has 0 saturated heterocycles. The van der Waals surface area contributed by atoms with E-state index in [1.165, 1.54) is 0 Å². The predicted octanol–water partition coefficient (Wildman–Crippen LogP) is 2.74. The number of hydrogen-bond acceptors (Lipinski definition) is 5. The molecule has 1 aromatic carbocycles. The number of benzene rings is 1. The van der Waals surface area contributed by atoms with Crippen LogP contribution in [0.1, 0.15) is 17.0 Å². The molecule has 5 heteroatoms. The molecule has 0 amide bonds. The topological polar surface area (TPSA) is 72.0 Å². The molecule has 0 fully saturated rings. The lowest BCUT2D eigenvalue weighted by Gasteiger charge is -1.96. The number of aryl methyl sites for hydroxylation is 1. The summed E-state index contributed by atoms with van der Waals surface area (Å²) in [5, 5.41) is 13.2. The van der Waals surface area contributed by atoms with Gasteiger partial charge in [-0.1, -0.05) is 17.3 Å². The van der Waals surface area contributed by atoms with E-state index in [-0.39, 0.29) is 5.75 Å². The van der Waals surface area contributed by atoms with Crippen molar-refractivity contribution in [3.05, 3.63) is 59.6 Å². The third-order valence-corrected chi connectivity index (χ3v) is 2.90. The molecule has 0 aliphatic heterocycles. The molecule has 2 aromatic heterocycles. The van der Waals surface area contributed by atoms with Gasteiger partial charge < -0.3 is 9.63 Å². The number of nitrogens with zero attached hydrogens (tertiary/aromatic N) is 3. The molecule has 3 aromatic rings. The summed E-state index contributed by atoms with van der Waals surface area (Å²) in [6.45, 7) is 1.99. The van der Waals surface area contributed by atoms with Gasteiger partial charge >= 0.3 is 0 Å². The van der Waals surface area contributed by atoms with Crippen molar-refractivity contribution in [3.8, 4) is 17.3 Å². The van der Waals surface area contributed by atoms with Crippen LogP contribution in [0.15, 0.2) is 47.1 Å². The maximum Gasteiger partial charge on any atom is 0.231 e. The smallest absolute Gasteiger partial charge is 0.231 e. The van der Waals surface area contributed by atoms with Crippen LogP contribution < -0.4 is 0 Å². The van der Waals surface area contributed by atoms with Gasteiger partial charge in [0.2, 0.25) is 11.7 Å². The first-order valence-electron chi connectivity index (χ1n) is 6.24. The van der Waals surface area contributed by atoms with Crippen LogP contribution in [-0.2, 0) is 6.42 Å². The van der Waals surface area contributed by atoms with Crippen LogP contribution in [0.25, 0.3) is 11.5 Å². The van der Waals surface area contributed by atoms with E-state index in [2.05, 4.69) is 15.1 Å². The molecule has 0 atom stereocenters. The zero-order valence-corrected chi connectivity index (χ0v) is 10.9. The van der Waals surface area contributed by atoms with Crippen molar-refractivity contribution in [2.45, 2.75) is 13.3 Å². The van der Waals surface area contributed by atoms with Crippen LogP contribution in [-0.4, -0.2) is 20.2 Å². The molecule has 0 unspecified atom stereocenters.